The summed E-state index contributed by atoms with van der Waals surface area (Å²) in [7, 11) is 1.53. The molecule has 1 aliphatic rings. The van der Waals surface area contributed by atoms with Crippen LogP contribution in [0.3, 0.4) is 0 Å². The van der Waals surface area contributed by atoms with Gasteiger partial charge >= 0.3 is 0 Å². The standard InChI is InChI=1S/C13H24N4O3/c1-3-8-17(9-10(18)15-2)12(19)13(11(14)16-20)6-4-5-7-13/h20H,3-9H2,1-2H3,(H2,14,16)(H,15,18). The van der Waals surface area contributed by atoms with E-state index in [4.69, 9.17) is 10.9 Å². The van der Waals surface area contributed by atoms with E-state index in [9.17, 15) is 9.59 Å². The Balaban J connectivity index is 2.98. The number of hydrogen-bond donors (Lipinski definition) is 3. The molecule has 0 spiro atoms. The van der Waals surface area contributed by atoms with Crippen LogP contribution in [0.15, 0.2) is 5.16 Å². The first kappa shape index (κ1) is 16.3. The summed E-state index contributed by atoms with van der Waals surface area (Å²) in [5.41, 5.74) is 4.82. The number of oxime groups is 1. The highest BCUT2D eigenvalue weighted by Gasteiger charge is 2.47. The van der Waals surface area contributed by atoms with Crippen LogP contribution in [0.25, 0.3) is 0 Å². The summed E-state index contributed by atoms with van der Waals surface area (Å²) in [6, 6.07) is 0. The van der Waals surface area contributed by atoms with Crippen LogP contribution < -0.4 is 11.1 Å². The fourth-order valence-electron chi connectivity index (χ4n) is 2.73. The number of likely N-dealkylation sites (N-methyl/N-ethyl adjacent to an activating group) is 1. The van der Waals surface area contributed by atoms with Gasteiger partial charge in [0.1, 0.15) is 5.41 Å². The molecule has 7 heteroatoms. The highest BCUT2D eigenvalue weighted by molar-refractivity contribution is 6.07. The van der Waals surface area contributed by atoms with Crippen LogP contribution in [0.5, 0.6) is 0 Å². The minimum atomic E-state index is -0.946. The SMILES string of the molecule is CCCN(CC(=O)NC)C(=O)C1(C(N)=NO)CCCC1. The van der Waals surface area contributed by atoms with Crippen molar-refractivity contribution in [1.82, 2.24) is 10.2 Å². The van der Waals surface area contributed by atoms with Gasteiger partial charge in [-0.1, -0.05) is 24.9 Å². The second kappa shape index (κ2) is 7.12. The van der Waals surface area contributed by atoms with Crippen LogP contribution in [0.1, 0.15) is 39.0 Å². The Morgan fingerprint density at radius 2 is 2.00 bits per heavy atom. The zero-order chi connectivity index (χ0) is 15.2. The maximum Gasteiger partial charge on any atom is 0.239 e. The third-order valence-corrected chi connectivity index (χ3v) is 3.86. The fourth-order valence-corrected chi connectivity index (χ4v) is 2.73. The van der Waals surface area contributed by atoms with Crippen LogP contribution in [0, 0.1) is 5.41 Å². The molecule has 0 aromatic carbocycles. The number of amidine groups is 1. The van der Waals surface area contributed by atoms with Crippen LogP contribution in [-0.2, 0) is 9.59 Å². The van der Waals surface area contributed by atoms with Crippen LogP contribution >= 0.6 is 0 Å². The third-order valence-electron chi connectivity index (χ3n) is 3.86. The molecule has 1 rings (SSSR count). The van der Waals surface area contributed by atoms with E-state index in [1.165, 1.54) is 11.9 Å². The minimum absolute atomic E-state index is 0.00360. The maximum absolute atomic E-state index is 12.8. The summed E-state index contributed by atoms with van der Waals surface area (Å²) in [5.74, 6) is -0.479. The largest absolute Gasteiger partial charge is 0.409 e. The lowest BCUT2D eigenvalue weighted by Gasteiger charge is -2.32. The van der Waals surface area contributed by atoms with E-state index >= 15 is 0 Å². The van der Waals surface area contributed by atoms with Crippen molar-refractivity contribution >= 4 is 17.6 Å². The number of carbonyl (C=O) groups excluding carboxylic acids is 2. The molecular formula is C13H24N4O3. The molecule has 20 heavy (non-hydrogen) atoms. The minimum Gasteiger partial charge on any atom is -0.409 e. The first-order valence-electron chi connectivity index (χ1n) is 6.99. The van der Waals surface area contributed by atoms with Crippen LogP contribution in [0.2, 0.25) is 0 Å². The predicted octanol–water partition coefficient (Wildman–Crippen LogP) is 0.278. The van der Waals surface area contributed by atoms with Gasteiger partial charge in [-0.3, -0.25) is 9.59 Å². The van der Waals surface area contributed by atoms with Crippen molar-refractivity contribution in [1.29, 1.82) is 0 Å². The zero-order valence-corrected chi connectivity index (χ0v) is 12.2. The molecule has 0 aliphatic heterocycles. The quantitative estimate of drug-likeness (QED) is 0.282. The molecule has 4 N–H and O–H groups in total. The van der Waals surface area contributed by atoms with Gasteiger partial charge in [0.15, 0.2) is 5.84 Å². The summed E-state index contributed by atoms with van der Waals surface area (Å²) < 4.78 is 0. The van der Waals surface area contributed by atoms with E-state index in [1.54, 1.807) is 0 Å². The summed E-state index contributed by atoms with van der Waals surface area (Å²) in [5, 5.41) is 14.5. The molecule has 0 atom stereocenters. The predicted molar refractivity (Wildman–Crippen MR) is 75.2 cm³/mol. The molecule has 0 radical (unpaired) electrons. The summed E-state index contributed by atoms with van der Waals surface area (Å²) in [6.07, 6.45) is 3.60. The Labute approximate surface area is 119 Å². The van der Waals surface area contributed by atoms with Crippen molar-refractivity contribution in [2.24, 2.45) is 16.3 Å². The van der Waals surface area contributed by atoms with E-state index < -0.39 is 5.41 Å². The first-order valence-corrected chi connectivity index (χ1v) is 6.99. The number of rotatable bonds is 6. The second-order valence-corrected chi connectivity index (χ2v) is 5.17. The number of carbonyl (C=O) groups is 2. The lowest BCUT2D eigenvalue weighted by Crippen LogP contribution is -2.52. The maximum atomic E-state index is 12.8. The smallest absolute Gasteiger partial charge is 0.239 e. The number of nitrogens with two attached hydrogens (primary N) is 1. The van der Waals surface area contributed by atoms with Crippen LogP contribution in [-0.4, -0.2) is 47.9 Å². The Kier molecular flexibility index (Phi) is 5.79. The number of amides is 2. The topological polar surface area (TPSA) is 108 Å². The Hall–Kier alpha value is -1.79. The Morgan fingerprint density at radius 3 is 2.45 bits per heavy atom. The molecule has 0 bridgehead atoms. The molecule has 0 heterocycles. The first-order chi connectivity index (χ1) is 9.51. The van der Waals surface area contributed by atoms with Gasteiger partial charge in [-0.2, -0.15) is 0 Å². The Morgan fingerprint density at radius 1 is 1.40 bits per heavy atom. The van der Waals surface area contributed by atoms with Crippen molar-refractivity contribution in [3.05, 3.63) is 0 Å². The van der Waals surface area contributed by atoms with Gasteiger partial charge in [0.05, 0.1) is 6.54 Å². The fraction of sp³-hybridized carbons (Fsp3) is 0.769. The molecule has 7 nitrogen and oxygen atoms in total. The second-order valence-electron chi connectivity index (χ2n) is 5.17. The molecule has 0 aromatic rings. The third kappa shape index (κ3) is 3.20. The molecule has 0 aromatic heterocycles. The highest BCUT2D eigenvalue weighted by Crippen LogP contribution is 2.40. The zero-order valence-electron chi connectivity index (χ0n) is 12.2. The van der Waals surface area contributed by atoms with Crippen molar-refractivity contribution in [2.45, 2.75) is 39.0 Å². The number of nitrogens with one attached hydrogen (secondary N) is 1. The van der Waals surface area contributed by atoms with Crippen molar-refractivity contribution in [3.8, 4) is 0 Å². The lowest BCUT2D eigenvalue weighted by atomic mass is 9.83. The lowest BCUT2D eigenvalue weighted by molar-refractivity contribution is -0.141. The average molecular weight is 284 g/mol. The van der Waals surface area contributed by atoms with Gasteiger partial charge in [0, 0.05) is 13.6 Å². The van der Waals surface area contributed by atoms with E-state index in [0.29, 0.717) is 19.4 Å². The van der Waals surface area contributed by atoms with E-state index in [0.717, 1.165) is 19.3 Å². The summed E-state index contributed by atoms with van der Waals surface area (Å²) in [6.45, 7) is 2.42. The van der Waals surface area contributed by atoms with Crippen LogP contribution in [0.4, 0.5) is 0 Å². The van der Waals surface area contributed by atoms with Gasteiger partial charge in [0.25, 0.3) is 0 Å². The molecule has 1 aliphatic carbocycles. The van der Waals surface area contributed by atoms with Crippen molar-refractivity contribution < 1.29 is 14.8 Å². The van der Waals surface area contributed by atoms with Gasteiger partial charge in [-0.25, -0.2) is 0 Å². The van der Waals surface area contributed by atoms with E-state index in [1.807, 2.05) is 6.92 Å². The highest BCUT2D eigenvalue weighted by atomic mass is 16.4. The number of hydrogen-bond acceptors (Lipinski definition) is 4. The van der Waals surface area contributed by atoms with Crippen molar-refractivity contribution in [2.75, 3.05) is 20.1 Å². The van der Waals surface area contributed by atoms with Gasteiger partial charge in [-0.15, -0.1) is 0 Å². The molecule has 0 unspecified atom stereocenters. The molecular weight excluding hydrogens is 260 g/mol. The summed E-state index contributed by atoms with van der Waals surface area (Å²) >= 11 is 0. The van der Waals surface area contributed by atoms with E-state index in [-0.39, 0.29) is 24.2 Å². The summed E-state index contributed by atoms with van der Waals surface area (Å²) in [4.78, 5) is 25.8. The van der Waals surface area contributed by atoms with Gasteiger partial charge in [-0.05, 0) is 19.3 Å². The Bertz CT molecular complexity index is 389. The monoisotopic (exact) mass is 284 g/mol. The molecule has 2 amide bonds. The molecule has 114 valence electrons. The molecule has 1 saturated carbocycles. The average Bonchev–Trinajstić information content (AvgIpc) is 2.95. The molecule has 1 fully saturated rings. The van der Waals surface area contributed by atoms with Crippen molar-refractivity contribution in [3.63, 3.8) is 0 Å². The van der Waals surface area contributed by atoms with Gasteiger partial charge < -0.3 is 21.2 Å². The van der Waals surface area contributed by atoms with Gasteiger partial charge in [0.2, 0.25) is 11.8 Å². The van der Waals surface area contributed by atoms with E-state index in [2.05, 4.69) is 10.5 Å². The molecule has 0 saturated heterocycles. The number of nitrogens with zero attached hydrogens (tertiary/aromatic N) is 2. The normalized spacial score (nSPS) is 17.8.